The molecule has 3 rings (SSSR count). The zero-order valence-corrected chi connectivity index (χ0v) is 12.9. The molecular weight excluding hydrogens is 270 g/mol. The third-order valence-corrected chi connectivity index (χ3v) is 4.87. The number of aliphatic hydroxyl groups is 1. The van der Waals surface area contributed by atoms with E-state index in [1.54, 1.807) is 0 Å². The maximum absolute atomic E-state index is 10.5. The van der Waals surface area contributed by atoms with Gasteiger partial charge >= 0.3 is 0 Å². The SMILES string of the molecule is CCOC1(c2noc(C3(O)CCNC3)n2)CCC(C)CC1. The van der Waals surface area contributed by atoms with E-state index in [1.807, 2.05) is 6.92 Å². The van der Waals surface area contributed by atoms with Crippen LogP contribution in [-0.4, -0.2) is 34.9 Å². The van der Waals surface area contributed by atoms with Crippen molar-refractivity contribution in [3.8, 4) is 0 Å². The lowest BCUT2D eigenvalue weighted by molar-refractivity contribution is -0.0847. The largest absolute Gasteiger partial charge is 0.379 e. The number of β-amino-alcohol motifs (C(OH)–C–C–N with tert-alkyl or cyclic N) is 1. The van der Waals surface area contributed by atoms with Gasteiger partial charge in [0.25, 0.3) is 5.89 Å². The Bertz CT molecular complexity index is 474. The summed E-state index contributed by atoms with van der Waals surface area (Å²) in [6.07, 6.45) is 4.65. The van der Waals surface area contributed by atoms with Gasteiger partial charge in [0.05, 0.1) is 0 Å². The topological polar surface area (TPSA) is 80.4 Å². The Morgan fingerprint density at radius 1 is 1.38 bits per heavy atom. The van der Waals surface area contributed by atoms with Crippen LogP contribution in [0, 0.1) is 5.92 Å². The first-order chi connectivity index (χ1) is 10.1. The van der Waals surface area contributed by atoms with Gasteiger partial charge in [0.15, 0.2) is 5.60 Å². The van der Waals surface area contributed by atoms with Gasteiger partial charge < -0.3 is 19.7 Å². The normalized spacial score (nSPS) is 37.0. The molecule has 6 heteroatoms. The van der Waals surface area contributed by atoms with Crippen LogP contribution in [-0.2, 0) is 15.9 Å². The highest BCUT2D eigenvalue weighted by molar-refractivity contribution is 5.09. The standard InChI is InChI=1S/C15H25N3O3/c1-3-20-15(6-4-11(2)5-7-15)12-17-13(21-18-12)14(19)8-9-16-10-14/h11,16,19H,3-10H2,1-2H3. The van der Waals surface area contributed by atoms with E-state index < -0.39 is 11.2 Å². The molecule has 1 atom stereocenters. The molecule has 1 aliphatic carbocycles. The van der Waals surface area contributed by atoms with Crippen LogP contribution in [0.5, 0.6) is 0 Å². The number of hydrogen-bond acceptors (Lipinski definition) is 6. The third-order valence-electron chi connectivity index (χ3n) is 4.87. The molecule has 2 fully saturated rings. The molecule has 1 saturated carbocycles. The fourth-order valence-corrected chi connectivity index (χ4v) is 3.40. The predicted molar refractivity (Wildman–Crippen MR) is 76.6 cm³/mol. The molecule has 0 aromatic carbocycles. The van der Waals surface area contributed by atoms with E-state index in [2.05, 4.69) is 22.4 Å². The summed E-state index contributed by atoms with van der Waals surface area (Å²) in [7, 11) is 0. The van der Waals surface area contributed by atoms with Crippen molar-refractivity contribution in [1.29, 1.82) is 0 Å². The van der Waals surface area contributed by atoms with Crippen LogP contribution in [0.15, 0.2) is 4.52 Å². The summed E-state index contributed by atoms with van der Waals surface area (Å²) in [5.74, 6) is 1.64. The fourth-order valence-electron chi connectivity index (χ4n) is 3.40. The first kappa shape index (κ1) is 14.9. The Kier molecular flexibility index (Phi) is 4.03. The molecule has 1 saturated heterocycles. The lowest BCUT2D eigenvalue weighted by Crippen LogP contribution is -2.36. The second-order valence-corrected chi connectivity index (χ2v) is 6.49. The minimum absolute atomic E-state index is 0.320. The van der Waals surface area contributed by atoms with Gasteiger partial charge in [0, 0.05) is 13.2 Å². The summed E-state index contributed by atoms with van der Waals surface area (Å²) in [6, 6.07) is 0. The molecule has 0 spiro atoms. The third kappa shape index (κ3) is 2.72. The van der Waals surface area contributed by atoms with Crippen LogP contribution in [0.2, 0.25) is 0 Å². The van der Waals surface area contributed by atoms with Crippen molar-refractivity contribution >= 4 is 0 Å². The van der Waals surface area contributed by atoms with Crippen molar-refractivity contribution < 1.29 is 14.4 Å². The molecule has 1 aromatic heterocycles. The van der Waals surface area contributed by atoms with Gasteiger partial charge in [-0.25, -0.2) is 0 Å². The molecule has 21 heavy (non-hydrogen) atoms. The van der Waals surface area contributed by atoms with Crippen LogP contribution in [0.25, 0.3) is 0 Å². The summed E-state index contributed by atoms with van der Waals surface area (Å²) in [4.78, 5) is 4.51. The van der Waals surface area contributed by atoms with E-state index in [-0.39, 0.29) is 0 Å². The number of ether oxygens (including phenoxy) is 1. The first-order valence-electron chi connectivity index (χ1n) is 8.00. The summed E-state index contributed by atoms with van der Waals surface area (Å²) in [5, 5.41) is 17.8. The number of aromatic nitrogens is 2. The van der Waals surface area contributed by atoms with E-state index in [0.29, 0.717) is 37.2 Å². The van der Waals surface area contributed by atoms with Crippen LogP contribution in [0.1, 0.15) is 57.7 Å². The van der Waals surface area contributed by atoms with E-state index in [4.69, 9.17) is 9.26 Å². The highest BCUT2D eigenvalue weighted by Crippen LogP contribution is 2.42. The molecular formula is C15H25N3O3. The lowest BCUT2D eigenvalue weighted by atomic mass is 9.79. The summed E-state index contributed by atoms with van der Waals surface area (Å²) in [6.45, 7) is 6.12. The van der Waals surface area contributed by atoms with Crippen LogP contribution in [0.4, 0.5) is 0 Å². The van der Waals surface area contributed by atoms with Gasteiger partial charge in [-0.15, -0.1) is 0 Å². The minimum Gasteiger partial charge on any atom is -0.379 e. The van der Waals surface area contributed by atoms with E-state index in [1.165, 1.54) is 0 Å². The molecule has 2 heterocycles. The van der Waals surface area contributed by atoms with E-state index >= 15 is 0 Å². The van der Waals surface area contributed by atoms with Crippen molar-refractivity contribution in [2.24, 2.45) is 5.92 Å². The summed E-state index contributed by atoms with van der Waals surface area (Å²) < 4.78 is 11.4. The first-order valence-corrected chi connectivity index (χ1v) is 8.00. The molecule has 2 aliphatic rings. The van der Waals surface area contributed by atoms with Gasteiger partial charge in [-0.1, -0.05) is 12.1 Å². The Hall–Kier alpha value is -0.980. The van der Waals surface area contributed by atoms with Gasteiger partial charge in [0.1, 0.15) is 5.60 Å². The number of nitrogens with zero attached hydrogens (tertiary/aromatic N) is 2. The van der Waals surface area contributed by atoms with Crippen molar-refractivity contribution in [1.82, 2.24) is 15.5 Å². The van der Waals surface area contributed by atoms with Gasteiger partial charge in [-0.2, -0.15) is 4.98 Å². The lowest BCUT2D eigenvalue weighted by Gasteiger charge is -2.36. The zero-order valence-electron chi connectivity index (χ0n) is 12.9. The Labute approximate surface area is 125 Å². The van der Waals surface area contributed by atoms with Crippen molar-refractivity contribution in [2.75, 3.05) is 19.7 Å². The van der Waals surface area contributed by atoms with Gasteiger partial charge in [-0.05, 0) is 51.5 Å². The monoisotopic (exact) mass is 295 g/mol. The smallest absolute Gasteiger partial charge is 0.260 e. The maximum atomic E-state index is 10.5. The second-order valence-electron chi connectivity index (χ2n) is 6.49. The molecule has 118 valence electrons. The fraction of sp³-hybridized carbons (Fsp3) is 0.867. The molecule has 1 aliphatic heterocycles. The molecule has 0 bridgehead atoms. The van der Waals surface area contributed by atoms with E-state index in [0.717, 1.165) is 32.2 Å². The molecule has 1 aromatic rings. The van der Waals surface area contributed by atoms with Crippen molar-refractivity contribution in [3.05, 3.63) is 11.7 Å². The van der Waals surface area contributed by atoms with Gasteiger partial charge in [-0.3, -0.25) is 0 Å². The second kappa shape index (κ2) is 5.66. The molecule has 0 amide bonds. The highest BCUT2D eigenvalue weighted by Gasteiger charge is 2.44. The van der Waals surface area contributed by atoms with Crippen LogP contribution in [0.3, 0.4) is 0 Å². The van der Waals surface area contributed by atoms with Gasteiger partial charge in [0.2, 0.25) is 5.82 Å². The summed E-state index contributed by atoms with van der Waals surface area (Å²) >= 11 is 0. The highest BCUT2D eigenvalue weighted by atomic mass is 16.5. The average molecular weight is 295 g/mol. The Balaban J connectivity index is 1.85. The number of nitrogens with one attached hydrogen (secondary N) is 1. The average Bonchev–Trinajstić information content (AvgIpc) is 3.12. The Morgan fingerprint density at radius 2 is 2.14 bits per heavy atom. The van der Waals surface area contributed by atoms with Crippen LogP contribution < -0.4 is 5.32 Å². The Morgan fingerprint density at radius 3 is 2.76 bits per heavy atom. The quantitative estimate of drug-likeness (QED) is 0.880. The minimum atomic E-state index is -1.03. The zero-order chi connectivity index (χ0) is 14.9. The van der Waals surface area contributed by atoms with Crippen molar-refractivity contribution in [2.45, 2.75) is 57.2 Å². The molecule has 2 N–H and O–H groups in total. The number of rotatable bonds is 4. The molecule has 1 unspecified atom stereocenters. The van der Waals surface area contributed by atoms with E-state index in [9.17, 15) is 5.11 Å². The van der Waals surface area contributed by atoms with Crippen molar-refractivity contribution in [3.63, 3.8) is 0 Å². The molecule has 0 radical (unpaired) electrons. The number of hydrogen-bond donors (Lipinski definition) is 2. The predicted octanol–water partition coefficient (Wildman–Crippen LogP) is 1.69. The summed E-state index contributed by atoms with van der Waals surface area (Å²) in [5.41, 5.74) is -1.47. The molecule has 6 nitrogen and oxygen atoms in total. The van der Waals surface area contributed by atoms with Crippen LogP contribution >= 0.6 is 0 Å². The maximum Gasteiger partial charge on any atom is 0.260 e.